The quantitative estimate of drug-likeness (QED) is 0.512. The molecular weight excluding hydrogens is 235 g/mol. The van der Waals surface area contributed by atoms with Crippen molar-refractivity contribution in [2.75, 3.05) is 26.0 Å². The van der Waals surface area contributed by atoms with Gasteiger partial charge in [0, 0.05) is 6.42 Å². The molecule has 16 heavy (non-hydrogen) atoms. The number of nitrogens with two attached hydrogens (primary N) is 1. The molecule has 0 fully saturated rings. The van der Waals surface area contributed by atoms with E-state index in [0.29, 0.717) is 0 Å². The standard InChI is InChI=1S/C8H15N2O5P/c1-2-14-16(12,7-3-4-9)15-6-5-13-8(10)11/h2-3,5-7H2,1H3,(H2,10,11). The highest BCUT2D eigenvalue weighted by Crippen LogP contribution is 2.48. The van der Waals surface area contributed by atoms with Gasteiger partial charge in [0.15, 0.2) is 0 Å². The third-order valence-corrected chi connectivity index (χ3v) is 3.44. The smallest absolute Gasteiger partial charge is 0.404 e. The second kappa shape index (κ2) is 8.11. The van der Waals surface area contributed by atoms with Crippen LogP contribution in [0.15, 0.2) is 0 Å². The predicted octanol–water partition coefficient (Wildman–Crippen LogP) is 1.24. The number of ether oxygens (including phenoxy) is 1. The second-order valence-corrected chi connectivity index (χ2v) is 4.85. The van der Waals surface area contributed by atoms with Crippen molar-refractivity contribution in [2.24, 2.45) is 5.73 Å². The van der Waals surface area contributed by atoms with Crippen molar-refractivity contribution in [3.63, 3.8) is 0 Å². The van der Waals surface area contributed by atoms with Crippen LogP contribution in [0.3, 0.4) is 0 Å². The van der Waals surface area contributed by atoms with Crippen molar-refractivity contribution in [3.05, 3.63) is 0 Å². The van der Waals surface area contributed by atoms with Crippen LogP contribution in [0, 0.1) is 11.3 Å². The minimum Gasteiger partial charge on any atom is -0.447 e. The average Bonchev–Trinajstić information content (AvgIpc) is 2.22. The Labute approximate surface area is 94.0 Å². The van der Waals surface area contributed by atoms with E-state index < -0.39 is 13.7 Å². The van der Waals surface area contributed by atoms with E-state index in [1.807, 2.05) is 6.07 Å². The highest BCUT2D eigenvalue weighted by molar-refractivity contribution is 7.53. The molecule has 0 aliphatic rings. The normalized spacial score (nSPS) is 13.8. The first-order valence-electron chi connectivity index (χ1n) is 4.71. The number of hydrogen-bond acceptors (Lipinski definition) is 6. The Hall–Kier alpha value is -1.09. The lowest BCUT2D eigenvalue weighted by atomic mass is 10.6. The molecule has 1 atom stereocenters. The van der Waals surface area contributed by atoms with Crippen molar-refractivity contribution < 1.29 is 23.1 Å². The number of rotatable bonds is 8. The molecule has 0 heterocycles. The Morgan fingerprint density at radius 1 is 1.44 bits per heavy atom. The molecule has 0 spiro atoms. The van der Waals surface area contributed by atoms with Gasteiger partial charge in [-0.25, -0.2) is 4.79 Å². The summed E-state index contributed by atoms with van der Waals surface area (Å²) in [5.41, 5.74) is 4.72. The minimum atomic E-state index is -3.25. The number of amides is 1. The molecular formula is C8H15N2O5P. The van der Waals surface area contributed by atoms with Crippen LogP contribution in [0.5, 0.6) is 0 Å². The monoisotopic (exact) mass is 250 g/mol. The lowest BCUT2D eigenvalue weighted by Gasteiger charge is -2.16. The van der Waals surface area contributed by atoms with Gasteiger partial charge >= 0.3 is 13.7 Å². The van der Waals surface area contributed by atoms with Gasteiger partial charge in [0.1, 0.15) is 6.61 Å². The van der Waals surface area contributed by atoms with Crippen LogP contribution in [-0.2, 0) is 18.3 Å². The van der Waals surface area contributed by atoms with E-state index in [-0.39, 0.29) is 32.4 Å². The van der Waals surface area contributed by atoms with Crippen LogP contribution in [0.1, 0.15) is 13.3 Å². The first kappa shape index (κ1) is 14.9. The van der Waals surface area contributed by atoms with Gasteiger partial charge < -0.3 is 19.5 Å². The first-order chi connectivity index (χ1) is 7.54. The fourth-order valence-electron chi connectivity index (χ4n) is 0.869. The van der Waals surface area contributed by atoms with E-state index in [9.17, 15) is 9.36 Å². The molecule has 0 rings (SSSR count). The molecule has 0 aliphatic heterocycles. The van der Waals surface area contributed by atoms with Crippen molar-refractivity contribution in [1.82, 2.24) is 0 Å². The van der Waals surface area contributed by atoms with Gasteiger partial charge in [0.2, 0.25) is 0 Å². The van der Waals surface area contributed by atoms with Gasteiger partial charge in [-0.15, -0.1) is 0 Å². The molecule has 1 amide bonds. The fraction of sp³-hybridized carbons (Fsp3) is 0.750. The summed E-state index contributed by atoms with van der Waals surface area (Å²) in [6.07, 6.45) is -0.825. The Kier molecular flexibility index (Phi) is 7.56. The Balaban J connectivity index is 3.97. The van der Waals surface area contributed by atoms with Crippen LogP contribution in [0.2, 0.25) is 0 Å². The number of primary amides is 1. The highest BCUT2D eigenvalue weighted by Gasteiger charge is 2.23. The van der Waals surface area contributed by atoms with E-state index in [0.717, 1.165) is 0 Å². The maximum Gasteiger partial charge on any atom is 0.404 e. The van der Waals surface area contributed by atoms with Gasteiger partial charge in [-0.3, -0.25) is 4.57 Å². The first-order valence-corrected chi connectivity index (χ1v) is 6.44. The Morgan fingerprint density at radius 2 is 2.12 bits per heavy atom. The van der Waals surface area contributed by atoms with Gasteiger partial charge in [0.05, 0.1) is 25.4 Å². The molecule has 0 aromatic carbocycles. The van der Waals surface area contributed by atoms with E-state index >= 15 is 0 Å². The lowest BCUT2D eigenvalue weighted by Crippen LogP contribution is -2.16. The summed E-state index contributed by atoms with van der Waals surface area (Å²) in [7, 11) is -3.25. The van der Waals surface area contributed by atoms with Gasteiger partial charge in [-0.05, 0) is 6.92 Å². The molecule has 0 saturated carbocycles. The van der Waals surface area contributed by atoms with Crippen molar-refractivity contribution >= 4 is 13.7 Å². The Morgan fingerprint density at radius 3 is 2.62 bits per heavy atom. The molecule has 1 unspecified atom stereocenters. The topological polar surface area (TPSA) is 112 Å². The number of carbonyl (C=O) groups excluding carboxylic acids is 1. The summed E-state index contributed by atoms with van der Waals surface area (Å²) in [5, 5.41) is 8.37. The van der Waals surface area contributed by atoms with Crippen molar-refractivity contribution in [2.45, 2.75) is 13.3 Å². The summed E-state index contributed by atoms with van der Waals surface area (Å²) in [6.45, 7) is 1.71. The van der Waals surface area contributed by atoms with E-state index in [4.69, 9.17) is 20.0 Å². The maximum absolute atomic E-state index is 11.8. The van der Waals surface area contributed by atoms with E-state index in [1.165, 1.54) is 0 Å². The third kappa shape index (κ3) is 7.23. The molecule has 0 saturated heterocycles. The van der Waals surface area contributed by atoms with E-state index in [1.54, 1.807) is 6.92 Å². The van der Waals surface area contributed by atoms with Crippen molar-refractivity contribution in [1.29, 1.82) is 5.26 Å². The van der Waals surface area contributed by atoms with Gasteiger partial charge in [0.25, 0.3) is 0 Å². The SMILES string of the molecule is CCOP(=O)(CCC#N)OCCOC(N)=O. The summed E-state index contributed by atoms with van der Waals surface area (Å²) in [6, 6.07) is 1.85. The van der Waals surface area contributed by atoms with Crippen LogP contribution < -0.4 is 5.73 Å². The van der Waals surface area contributed by atoms with Crippen molar-refractivity contribution in [3.8, 4) is 6.07 Å². The third-order valence-electron chi connectivity index (χ3n) is 1.44. The molecule has 7 nitrogen and oxygen atoms in total. The predicted molar refractivity (Wildman–Crippen MR) is 55.8 cm³/mol. The number of nitriles is 1. The zero-order valence-electron chi connectivity index (χ0n) is 9.05. The zero-order valence-corrected chi connectivity index (χ0v) is 9.94. The van der Waals surface area contributed by atoms with Crippen LogP contribution in [0.4, 0.5) is 4.79 Å². The number of hydrogen-bond donors (Lipinski definition) is 1. The minimum absolute atomic E-state index is 0.0217. The number of carbonyl (C=O) groups is 1. The molecule has 0 aromatic rings. The zero-order chi connectivity index (χ0) is 12.4. The van der Waals surface area contributed by atoms with Crippen LogP contribution in [0.25, 0.3) is 0 Å². The summed E-state index contributed by atoms with van der Waals surface area (Å²) in [4.78, 5) is 10.2. The molecule has 2 N–H and O–H groups in total. The summed E-state index contributed by atoms with van der Waals surface area (Å²) in [5.74, 6) is 0. The highest BCUT2D eigenvalue weighted by atomic mass is 31.2. The number of nitrogens with zero attached hydrogens (tertiary/aromatic N) is 1. The largest absolute Gasteiger partial charge is 0.447 e. The Bertz CT molecular complexity index is 301. The lowest BCUT2D eigenvalue weighted by molar-refractivity contribution is 0.123. The summed E-state index contributed by atoms with van der Waals surface area (Å²) < 4.78 is 26.2. The van der Waals surface area contributed by atoms with Gasteiger partial charge in [-0.2, -0.15) is 5.26 Å². The maximum atomic E-state index is 11.8. The second-order valence-electron chi connectivity index (χ2n) is 2.66. The molecule has 0 radical (unpaired) electrons. The van der Waals surface area contributed by atoms with E-state index in [2.05, 4.69) is 4.74 Å². The molecule has 92 valence electrons. The van der Waals surface area contributed by atoms with Crippen LogP contribution >= 0.6 is 7.60 Å². The molecule has 0 aliphatic carbocycles. The van der Waals surface area contributed by atoms with Gasteiger partial charge in [-0.1, -0.05) is 0 Å². The summed E-state index contributed by atoms with van der Waals surface area (Å²) >= 11 is 0. The molecule has 0 aromatic heterocycles. The average molecular weight is 250 g/mol. The van der Waals surface area contributed by atoms with Crippen LogP contribution in [-0.4, -0.2) is 32.1 Å². The molecule has 0 bridgehead atoms. The molecule has 8 heteroatoms. The fourth-order valence-corrected chi connectivity index (χ4v) is 2.32.